The first-order valence-electron chi connectivity index (χ1n) is 13.2. The standard InChI is InChI=1S/C28H39N9O3/c1-7-28(4,5)22(39)15-23(29)34-26(40)18(2)9-10-21(38)19(3)33-25-24-20(31-17-32-25)16-30-27(35-24)37-12-8-11-36(6)13-14-37/h9-10,15-17,38-39H,3,7-8,11-14H2,1-2,4-6H3,(H2,29,34,40)(H,31,32,33)/b18-9+,21-10+,22-15-. The van der Waals surface area contributed by atoms with Gasteiger partial charge in [0.25, 0.3) is 5.91 Å². The number of carbonyl (C=O) groups is 1. The summed E-state index contributed by atoms with van der Waals surface area (Å²) in [5.74, 6) is -0.0462. The molecule has 0 radical (unpaired) electrons. The van der Waals surface area contributed by atoms with Crippen molar-refractivity contribution in [1.29, 1.82) is 5.41 Å². The van der Waals surface area contributed by atoms with Gasteiger partial charge in [-0.2, -0.15) is 0 Å². The summed E-state index contributed by atoms with van der Waals surface area (Å²) >= 11 is 0. The van der Waals surface area contributed by atoms with Gasteiger partial charge in [-0.1, -0.05) is 33.4 Å². The molecular formula is C28H39N9O3. The van der Waals surface area contributed by atoms with Crippen molar-refractivity contribution in [2.75, 3.05) is 43.4 Å². The van der Waals surface area contributed by atoms with Gasteiger partial charge in [0.15, 0.2) is 5.82 Å². The Morgan fingerprint density at radius 1 is 1.18 bits per heavy atom. The van der Waals surface area contributed by atoms with Crippen molar-refractivity contribution in [3.8, 4) is 0 Å². The van der Waals surface area contributed by atoms with Crippen molar-refractivity contribution in [2.45, 2.75) is 40.5 Å². The summed E-state index contributed by atoms with van der Waals surface area (Å²) in [7, 11) is 2.10. The maximum absolute atomic E-state index is 12.5. The number of hydrogen-bond acceptors (Lipinski definition) is 11. The lowest BCUT2D eigenvalue weighted by molar-refractivity contribution is -0.116. The molecule has 40 heavy (non-hydrogen) atoms. The SMILES string of the molecule is C=C(Nc1ncnc2cnc(N3CCCN(C)CC3)nc12)/C(O)=C\C=C(/C)C(=O)NC(=N)/C=C(\O)C(C)(C)CC. The van der Waals surface area contributed by atoms with E-state index in [4.69, 9.17) is 10.4 Å². The minimum Gasteiger partial charge on any atom is -0.512 e. The van der Waals surface area contributed by atoms with Crippen molar-refractivity contribution >= 4 is 34.5 Å². The van der Waals surface area contributed by atoms with E-state index in [0.29, 0.717) is 29.2 Å². The molecule has 1 aliphatic heterocycles. The summed E-state index contributed by atoms with van der Waals surface area (Å²) in [6.07, 6.45) is 8.65. The van der Waals surface area contributed by atoms with Gasteiger partial charge < -0.3 is 30.6 Å². The third-order valence-corrected chi connectivity index (χ3v) is 6.90. The number of fused-ring (bicyclic) bond motifs is 1. The first-order chi connectivity index (χ1) is 18.9. The molecule has 0 atom stereocenters. The number of aliphatic hydroxyl groups is 2. The van der Waals surface area contributed by atoms with Gasteiger partial charge in [0.05, 0.1) is 11.9 Å². The second kappa shape index (κ2) is 13.2. The molecule has 1 fully saturated rings. The number of carbonyl (C=O) groups excluding carboxylic acids is 1. The lowest BCUT2D eigenvalue weighted by Crippen LogP contribution is -2.30. The van der Waals surface area contributed by atoms with Crippen molar-refractivity contribution < 1.29 is 15.0 Å². The average molecular weight is 550 g/mol. The Bertz CT molecular complexity index is 1360. The van der Waals surface area contributed by atoms with Crippen LogP contribution in [0.5, 0.6) is 0 Å². The highest BCUT2D eigenvalue weighted by Gasteiger charge is 2.21. The molecule has 2 aromatic heterocycles. The predicted octanol–water partition coefficient (Wildman–Crippen LogP) is 3.85. The number of hydrogen-bond donors (Lipinski definition) is 5. The quantitative estimate of drug-likeness (QED) is 0.102. The van der Waals surface area contributed by atoms with E-state index in [-0.39, 0.29) is 28.6 Å². The highest BCUT2D eigenvalue weighted by Crippen LogP contribution is 2.27. The highest BCUT2D eigenvalue weighted by atomic mass is 16.3. The Balaban J connectivity index is 1.70. The molecule has 12 heteroatoms. The van der Waals surface area contributed by atoms with Crippen molar-refractivity contribution in [1.82, 2.24) is 30.2 Å². The minimum atomic E-state index is -0.545. The van der Waals surface area contributed by atoms with Gasteiger partial charge in [-0.05, 0) is 39.4 Å². The van der Waals surface area contributed by atoms with Crippen LogP contribution in [-0.2, 0) is 4.79 Å². The van der Waals surface area contributed by atoms with Gasteiger partial charge in [-0.25, -0.2) is 19.9 Å². The van der Waals surface area contributed by atoms with Crippen LogP contribution in [0.4, 0.5) is 11.8 Å². The monoisotopic (exact) mass is 549 g/mol. The lowest BCUT2D eigenvalue weighted by atomic mass is 9.87. The summed E-state index contributed by atoms with van der Waals surface area (Å²) in [6.45, 7) is 14.6. The van der Waals surface area contributed by atoms with Crippen LogP contribution < -0.4 is 15.5 Å². The molecule has 3 heterocycles. The molecule has 0 spiro atoms. The maximum Gasteiger partial charge on any atom is 0.252 e. The van der Waals surface area contributed by atoms with Crippen LogP contribution in [0.15, 0.2) is 60.1 Å². The molecule has 1 saturated heterocycles. The van der Waals surface area contributed by atoms with E-state index in [9.17, 15) is 15.0 Å². The largest absolute Gasteiger partial charge is 0.512 e. The number of anilines is 2. The number of likely N-dealkylation sites (N-methyl/N-ethyl adjacent to an activating group) is 1. The summed E-state index contributed by atoms with van der Waals surface area (Å²) in [6, 6.07) is 0. The number of aliphatic hydroxyl groups excluding tert-OH is 2. The number of nitrogens with zero attached hydrogens (tertiary/aromatic N) is 6. The van der Waals surface area contributed by atoms with Crippen molar-refractivity contribution in [3.63, 3.8) is 0 Å². The van der Waals surface area contributed by atoms with Crippen LogP contribution in [0.25, 0.3) is 11.0 Å². The Morgan fingerprint density at radius 2 is 1.93 bits per heavy atom. The van der Waals surface area contributed by atoms with Crippen molar-refractivity contribution in [2.24, 2.45) is 5.41 Å². The number of rotatable bonds is 9. The summed E-state index contributed by atoms with van der Waals surface area (Å²) < 4.78 is 0. The Labute approximate surface area is 234 Å². The predicted molar refractivity (Wildman–Crippen MR) is 157 cm³/mol. The lowest BCUT2D eigenvalue weighted by Gasteiger charge is -2.21. The first-order valence-corrected chi connectivity index (χ1v) is 13.2. The Kier molecular flexibility index (Phi) is 9.94. The molecule has 0 saturated carbocycles. The third-order valence-electron chi connectivity index (χ3n) is 6.90. The van der Waals surface area contributed by atoms with Crippen LogP contribution in [0, 0.1) is 10.8 Å². The van der Waals surface area contributed by atoms with Crippen LogP contribution >= 0.6 is 0 Å². The van der Waals surface area contributed by atoms with E-state index in [1.165, 1.54) is 24.6 Å². The molecule has 12 nitrogen and oxygen atoms in total. The van der Waals surface area contributed by atoms with E-state index in [1.807, 2.05) is 20.8 Å². The topological polar surface area (TPSA) is 163 Å². The second-order valence-corrected chi connectivity index (χ2v) is 10.4. The minimum absolute atomic E-state index is 0.00974. The molecule has 1 amide bonds. The van der Waals surface area contributed by atoms with Gasteiger partial charge in [0.1, 0.15) is 34.7 Å². The van der Waals surface area contributed by atoms with Gasteiger partial charge in [0, 0.05) is 36.7 Å². The fourth-order valence-corrected chi connectivity index (χ4v) is 3.69. The van der Waals surface area contributed by atoms with Crippen LogP contribution in [0.2, 0.25) is 0 Å². The summed E-state index contributed by atoms with van der Waals surface area (Å²) in [5, 5.41) is 34.1. The van der Waals surface area contributed by atoms with E-state index in [2.05, 4.69) is 49.0 Å². The number of amides is 1. The van der Waals surface area contributed by atoms with E-state index < -0.39 is 11.3 Å². The van der Waals surface area contributed by atoms with Gasteiger partial charge in [-0.3, -0.25) is 10.2 Å². The van der Waals surface area contributed by atoms with Crippen LogP contribution in [0.1, 0.15) is 40.5 Å². The molecule has 0 aromatic carbocycles. The fraction of sp³-hybridized carbons (Fsp3) is 0.429. The van der Waals surface area contributed by atoms with Crippen LogP contribution in [0.3, 0.4) is 0 Å². The molecule has 0 unspecified atom stereocenters. The number of nitrogens with one attached hydrogen (secondary N) is 3. The third kappa shape index (κ3) is 7.85. The molecular weight excluding hydrogens is 510 g/mol. The highest BCUT2D eigenvalue weighted by molar-refractivity contribution is 6.08. The summed E-state index contributed by atoms with van der Waals surface area (Å²) in [4.78, 5) is 34.6. The van der Waals surface area contributed by atoms with Crippen molar-refractivity contribution in [3.05, 3.63) is 60.1 Å². The van der Waals surface area contributed by atoms with E-state index in [0.717, 1.165) is 32.6 Å². The number of allylic oxidation sites excluding steroid dienone is 3. The molecule has 5 N–H and O–H groups in total. The van der Waals surface area contributed by atoms with E-state index in [1.54, 1.807) is 13.1 Å². The number of aromatic nitrogens is 4. The fourth-order valence-electron chi connectivity index (χ4n) is 3.69. The molecule has 1 aliphatic rings. The molecule has 0 bridgehead atoms. The maximum atomic E-state index is 12.5. The smallest absolute Gasteiger partial charge is 0.252 e. The molecule has 214 valence electrons. The van der Waals surface area contributed by atoms with E-state index >= 15 is 0 Å². The van der Waals surface area contributed by atoms with Crippen LogP contribution in [-0.4, -0.2) is 80.0 Å². The summed E-state index contributed by atoms with van der Waals surface area (Å²) in [5.41, 5.74) is 0.909. The zero-order valence-electron chi connectivity index (χ0n) is 23.8. The molecule has 3 rings (SSSR count). The Morgan fingerprint density at radius 3 is 2.65 bits per heavy atom. The average Bonchev–Trinajstić information content (AvgIpc) is 3.15. The van der Waals surface area contributed by atoms with Gasteiger partial charge in [-0.15, -0.1) is 0 Å². The first kappa shape index (κ1) is 30.2. The molecule has 0 aliphatic carbocycles. The van der Waals surface area contributed by atoms with Gasteiger partial charge >= 0.3 is 0 Å². The zero-order chi connectivity index (χ0) is 29.4. The number of amidine groups is 1. The Hall–Kier alpha value is -4.32. The zero-order valence-corrected chi connectivity index (χ0v) is 23.8. The second-order valence-electron chi connectivity index (χ2n) is 10.4. The van der Waals surface area contributed by atoms with Gasteiger partial charge in [0.2, 0.25) is 5.95 Å². The molecule has 2 aromatic rings. The normalized spacial score (nSPS) is 16.0.